The standard InChI is InChI=1S/C23H20ClN3O2/c24-18-4-2-17(3-5-18)23(7-8-23)22(28)27-13-19-12-16-11-15(1-6-21(16)29-19)20-14-25-9-10-26-20/h1-6,9-11,14,19H,7-8,12-13H2,(H,27,28)/t19-/m1/s1. The van der Waals surface area contributed by atoms with Crippen molar-refractivity contribution in [2.45, 2.75) is 30.8 Å². The van der Waals surface area contributed by atoms with Crippen LogP contribution in [0.25, 0.3) is 11.3 Å². The van der Waals surface area contributed by atoms with Gasteiger partial charge >= 0.3 is 0 Å². The predicted molar refractivity (Wildman–Crippen MR) is 111 cm³/mol. The molecule has 146 valence electrons. The first-order valence-electron chi connectivity index (χ1n) is 9.74. The lowest BCUT2D eigenvalue weighted by molar-refractivity contribution is -0.123. The summed E-state index contributed by atoms with van der Waals surface area (Å²) in [5.74, 6) is 0.940. The number of rotatable bonds is 5. The first-order chi connectivity index (χ1) is 14.1. The number of hydrogen-bond acceptors (Lipinski definition) is 4. The average Bonchev–Trinajstić information content (AvgIpc) is 3.46. The minimum absolute atomic E-state index is 0.0629. The zero-order valence-electron chi connectivity index (χ0n) is 15.8. The number of halogens is 1. The Morgan fingerprint density at radius 2 is 2.00 bits per heavy atom. The van der Waals surface area contributed by atoms with E-state index in [0.29, 0.717) is 11.6 Å². The number of hydrogen-bond donors (Lipinski definition) is 1. The summed E-state index contributed by atoms with van der Waals surface area (Å²) in [5, 5.41) is 3.79. The Labute approximate surface area is 174 Å². The van der Waals surface area contributed by atoms with E-state index >= 15 is 0 Å². The fourth-order valence-corrected chi connectivity index (χ4v) is 4.08. The van der Waals surface area contributed by atoms with Gasteiger partial charge in [0.15, 0.2) is 0 Å². The predicted octanol–water partition coefficient (Wildman–Crippen LogP) is 3.95. The third-order valence-electron chi connectivity index (χ3n) is 5.73. The second kappa shape index (κ2) is 7.16. The van der Waals surface area contributed by atoms with Crippen molar-refractivity contribution in [2.24, 2.45) is 0 Å². The number of nitrogens with zero attached hydrogens (tertiary/aromatic N) is 2. The maximum absolute atomic E-state index is 12.9. The molecule has 2 aromatic carbocycles. The van der Waals surface area contributed by atoms with Gasteiger partial charge in [-0.2, -0.15) is 0 Å². The molecule has 5 nitrogen and oxygen atoms in total. The van der Waals surface area contributed by atoms with Crippen molar-refractivity contribution in [3.05, 3.63) is 77.2 Å². The van der Waals surface area contributed by atoms with Crippen LogP contribution < -0.4 is 10.1 Å². The van der Waals surface area contributed by atoms with Gasteiger partial charge in [-0.05, 0) is 54.3 Å². The number of fused-ring (bicyclic) bond motifs is 1. The highest BCUT2D eigenvalue weighted by atomic mass is 35.5. The molecule has 1 N–H and O–H groups in total. The molecule has 3 aromatic rings. The second-order valence-electron chi connectivity index (χ2n) is 7.66. The highest BCUT2D eigenvalue weighted by molar-refractivity contribution is 6.30. The third kappa shape index (κ3) is 3.47. The Morgan fingerprint density at radius 1 is 1.17 bits per heavy atom. The van der Waals surface area contributed by atoms with E-state index in [4.69, 9.17) is 16.3 Å². The van der Waals surface area contributed by atoms with Crippen LogP contribution in [0.3, 0.4) is 0 Å². The third-order valence-corrected chi connectivity index (χ3v) is 5.98. The zero-order valence-corrected chi connectivity index (χ0v) is 16.5. The SMILES string of the molecule is O=C(NC[C@H]1Cc2cc(-c3cnccn3)ccc2O1)C1(c2ccc(Cl)cc2)CC1. The van der Waals surface area contributed by atoms with E-state index in [-0.39, 0.29) is 12.0 Å². The normalized spacial score (nSPS) is 18.6. The van der Waals surface area contributed by atoms with Crippen molar-refractivity contribution in [3.8, 4) is 17.0 Å². The monoisotopic (exact) mass is 405 g/mol. The van der Waals surface area contributed by atoms with Gasteiger partial charge in [-0.3, -0.25) is 14.8 Å². The van der Waals surface area contributed by atoms with Crippen LogP contribution in [0.15, 0.2) is 61.1 Å². The van der Waals surface area contributed by atoms with Crippen molar-refractivity contribution < 1.29 is 9.53 Å². The van der Waals surface area contributed by atoms with Crippen LogP contribution in [-0.4, -0.2) is 28.5 Å². The average molecular weight is 406 g/mol. The van der Waals surface area contributed by atoms with Crippen LogP contribution >= 0.6 is 11.6 Å². The van der Waals surface area contributed by atoms with Crippen LogP contribution in [0, 0.1) is 0 Å². The summed E-state index contributed by atoms with van der Waals surface area (Å²) in [5.41, 5.74) is 3.61. The van der Waals surface area contributed by atoms with Gasteiger partial charge in [-0.25, -0.2) is 0 Å². The fourth-order valence-electron chi connectivity index (χ4n) is 3.96. The summed E-state index contributed by atoms with van der Waals surface area (Å²) in [4.78, 5) is 21.3. The lowest BCUT2D eigenvalue weighted by Gasteiger charge is -2.18. The van der Waals surface area contributed by atoms with Crippen molar-refractivity contribution in [1.82, 2.24) is 15.3 Å². The summed E-state index contributed by atoms with van der Waals surface area (Å²) in [6, 6.07) is 13.6. The maximum Gasteiger partial charge on any atom is 0.230 e. The van der Waals surface area contributed by atoms with E-state index in [1.165, 1.54) is 0 Å². The van der Waals surface area contributed by atoms with Gasteiger partial charge in [0, 0.05) is 29.4 Å². The molecule has 1 atom stereocenters. The first kappa shape index (κ1) is 18.1. The number of nitrogens with one attached hydrogen (secondary N) is 1. The highest BCUT2D eigenvalue weighted by Crippen LogP contribution is 2.48. The molecule has 1 aliphatic carbocycles. The minimum atomic E-state index is -0.408. The Kier molecular flexibility index (Phi) is 4.47. The molecule has 2 heterocycles. The van der Waals surface area contributed by atoms with Gasteiger partial charge in [0.05, 0.1) is 23.9 Å². The van der Waals surface area contributed by atoms with E-state index in [0.717, 1.165) is 47.4 Å². The summed E-state index contributed by atoms with van der Waals surface area (Å²) < 4.78 is 6.03. The van der Waals surface area contributed by atoms with E-state index in [9.17, 15) is 4.79 Å². The molecule has 2 aliphatic rings. The molecule has 1 aliphatic heterocycles. The van der Waals surface area contributed by atoms with Gasteiger partial charge in [0.2, 0.25) is 5.91 Å². The van der Waals surface area contributed by atoms with E-state index in [2.05, 4.69) is 21.4 Å². The van der Waals surface area contributed by atoms with Crippen LogP contribution in [0.2, 0.25) is 5.02 Å². The van der Waals surface area contributed by atoms with E-state index < -0.39 is 5.41 Å². The largest absolute Gasteiger partial charge is 0.488 e. The molecular weight excluding hydrogens is 386 g/mol. The number of ether oxygens (including phenoxy) is 1. The molecule has 0 unspecified atom stereocenters. The lowest BCUT2D eigenvalue weighted by atomic mass is 9.95. The number of carbonyl (C=O) groups excluding carboxylic acids is 1. The number of aromatic nitrogens is 2. The molecule has 0 saturated heterocycles. The molecule has 1 amide bonds. The van der Waals surface area contributed by atoms with Gasteiger partial charge in [0.25, 0.3) is 0 Å². The van der Waals surface area contributed by atoms with Crippen LogP contribution in [0.5, 0.6) is 5.75 Å². The highest BCUT2D eigenvalue weighted by Gasteiger charge is 2.51. The molecule has 0 bridgehead atoms. The summed E-state index contributed by atoms with van der Waals surface area (Å²) in [6.45, 7) is 0.489. The smallest absolute Gasteiger partial charge is 0.230 e. The van der Waals surface area contributed by atoms with Crippen molar-refractivity contribution >= 4 is 17.5 Å². The quantitative estimate of drug-likeness (QED) is 0.698. The maximum atomic E-state index is 12.9. The molecule has 1 aromatic heterocycles. The van der Waals surface area contributed by atoms with Crippen molar-refractivity contribution in [3.63, 3.8) is 0 Å². The molecule has 29 heavy (non-hydrogen) atoms. The number of carbonyl (C=O) groups is 1. The molecule has 0 spiro atoms. The Hall–Kier alpha value is -2.92. The number of benzene rings is 2. The molecule has 1 saturated carbocycles. The zero-order chi connectivity index (χ0) is 19.8. The lowest BCUT2D eigenvalue weighted by Crippen LogP contribution is -2.40. The summed E-state index contributed by atoms with van der Waals surface area (Å²) in [7, 11) is 0. The second-order valence-corrected chi connectivity index (χ2v) is 8.09. The topological polar surface area (TPSA) is 64.1 Å². The molecule has 5 rings (SSSR count). The Balaban J connectivity index is 1.23. The Morgan fingerprint density at radius 3 is 2.72 bits per heavy atom. The first-order valence-corrected chi connectivity index (χ1v) is 10.1. The van der Waals surface area contributed by atoms with E-state index in [1.54, 1.807) is 18.6 Å². The summed E-state index contributed by atoms with van der Waals surface area (Å²) in [6.07, 6.45) is 7.54. The van der Waals surface area contributed by atoms with Crippen LogP contribution in [-0.2, 0) is 16.6 Å². The van der Waals surface area contributed by atoms with Crippen molar-refractivity contribution in [1.29, 1.82) is 0 Å². The molecule has 1 fully saturated rings. The van der Waals surface area contributed by atoms with Crippen LogP contribution in [0.1, 0.15) is 24.0 Å². The molecular formula is C23H20ClN3O2. The molecule has 6 heteroatoms. The molecule has 0 radical (unpaired) electrons. The van der Waals surface area contributed by atoms with Crippen molar-refractivity contribution in [2.75, 3.05) is 6.54 Å². The van der Waals surface area contributed by atoms with Gasteiger partial charge in [0.1, 0.15) is 11.9 Å². The van der Waals surface area contributed by atoms with Crippen LogP contribution in [0.4, 0.5) is 0 Å². The van der Waals surface area contributed by atoms with Gasteiger partial charge < -0.3 is 10.1 Å². The minimum Gasteiger partial charge on any atom is -0.488 e. The summed E-state index contributed by atoms with van der Waals surface area (Å²) >= 11 is 5.98. The number of amides is 1. The van der Waals surface area contributed by atoms with E-state index in [1.807, 2.05) is 36.4 Å². The van der Waals surface area contributed by atoms with Gasteiger partial charge in [-0.15, -0.1) is 0 Å². The Bertz CT molecular complexity index is 1050. The fraction of sp³-hybridized carbons (Fsp3) is 0.261. The van der Waals surface area contributed by atoms with Gasteiger partial charge in [-0.1, -0.05) is 23.7 Å².